The highest BCUT2D eigenvalue weighted by Crippen LogP contribution is 2.21. The predicted molar refractivity (Wildman–Crippen MR) is 100 cm³/mol. The normalized spacial score (nSPS) is 14.0. The van der Waals surface area contributed by atoms with Crippen LogP contribution in [-0.2, 0) is 11.3 Å². The number of guanidine groups is 1. The number of nitrogens with one attached hydrogen (secondary N) is 2. The van der Waals surface area contributed by atoms with E-state index in [1.807, 2.05) is 30.5 Å². The number of aromatic nitrogens is 1. The van der Waals surface area contributed by atoms with Gasteiger partial charge in [0, 0.05) is 38.1 Å². The van der Waals surface area contributed by atoms with Crippen molar-refractivity contribution >= 4 is 23.4 Å². The second-order valence-electron chi connectivity index (χ2n) is 5.97. The van der Waals surface area contributed by atoms with E-state index in [0.717, 1.165) is 43.1 Å². The molecule has 0 aliphatic carbocycles. The number of carbonyl (C=O) groups is 1. The molecular formula is C18H22N6O2. The quantitative estimate of drug-likeness (QED) is 0.568. The zero-order chi connectivity index (χ0) is 18.4. The van der Waals surface area contributed by atoms with E-state index in [1.165, 1.54) is 0 Å². The van der Waals surface area contributed by atoms with Gasteiger partial charge in [-0.2, -0.15) is 0 Å². The lowest BCUT2D eigenvalue weighted by molar-refractivity contribution is 0.145. The summed E-state index contributed by atoms with van der Waals surface area (Å²) in [5.74, 6) is -0.435. The molecule has 1 saturated heterocycles. The highest BCUT2D eigenvalue weighted by molar-refractivity contribution is 5.90. The molecule has 1 fully saturated rings. The second kappa shape index (κ2) is 8.19. The minimum atomic E-state index is -0.729. The van der Waals surface area contributed by atoms with Gasteiger partial charge in [0.2, 0.25) is 0 Å². The number of alkyl carbamates (subject to hydrolysis) is 1. The lowest BCUT2D eigenvalue weighted by atomic mass is 10.1. The van der Waals surface area contributed by atoms with Crippen molar-refractivity contribution in [2.75, 3.05) is 36.0 Å². The van der Waals surface area contributed by atoms with Crippen molar-refractivity contribution in [3.63, 3.8) is 0 Å². The number of nitrogens with two attached hydrogens (primary N) is 1. The van der Waals surface area contributed by atoms with Gasteiger partial charge in [0.05, 0.1) is 11.9 Å². The molecule has 1 aromatic carbocycles. The summed E-state index contributed by atoms with van der Waals surface area (Å²) in [4.78, 5) is 20.2. The van der Waals surface area contributed by atoms with Crippen LogP contribution in [0.2, 0.25) is 0 Å². The van der Waals surface area contributed by atoms with Crippen LogP contribution >= 0.6 is 0 Å². The third kappa shape index (κ3) is 4.62. The Labute approximate surface area is 152 Å². The van der Waals surface area contributed by atoms with Crippen LogP contribution in [0.4, 0.5) is 16.2 Å². The maximum absolute atomic E-state index is 11.4. The maximum Gasteiger partial charge on any atom is 0.414 e. The Morgan fingerprint density at radius 3 is 2.50 bits per heavy atom. The summed E-state index contributed by atoms with van der Waals surface area (Å²) < 4.78 is 5.05. The number of rotatable bonds is 4. The van der Waals surface area contributed by atoms with E-state index in [4.69, 9.17) is 15.9 Å². The van der Waals surface area contributed by atoms with Crippen LogP contribution < -0.4 is 20.9 Å². The average Bonchev–Trinajstić information content (AvgIpc) is 2.67. The third-order valence-electron chi connectivity index (χ3n) is 4.17. The molecule has 0 bridgehead atoms. The van der Waals surface area contributed by atoms with Crippen molar-refractivity contribution in [2.45, 2.75) is 6.61 Å². The molecule has 4 N–H and O–H groups in total. The first kappa shape index (κ1) is 17.5. The van der Waals surface area contributed by atoms with Crippen molar-refractivity contribution in [1.29, 1.82) is 5.41 Å². The summed E-state index contributed by atoms with van der Waals surface area (Å²) in [5, 5.41) is 9.10. The number of nitrogens with zero attached hydrogens (tertiary/aromatic N) is 3. The van der Waals surface area contributed by atoms with Gasteiger partial charge in [-0.1, -0.05) is 12.1 Å². The van der Waals surface area contributed by atoms with Gasteiger partial charge in [0.25, 0.3) is 0 Å². The molecule has 8 heteroatoms. The summed E-state index contributed by atoms with van der Waals surface area (Å²) in [6.07, 6.45) is 2.94. The molecule has 0 atom stereocenters. The average molecular weight is 354 g/mol. The zero-order valence-corrected chi connectivity index (χ0v) is 14.4. The van der Waals surface area contributed by atoms with E-state index >= 15 is 0 Å². The first-order valence-corrected chi connectivity index (χ1v) is 8.38. The molecule has 0 saturated carbocycles. The SMILES string of the molecule is N=C(N)NC(=O)OCc1cccc(N2CCN(c3cccnc3)CC2)c1. The van der Waals surface area contributed by atoms with Gasteiger partial charge in [-0.05, 0) is 29.8 Å². The monoisotopic (exact) mass is 354 g/mol. The van der Waals surface area contributed by atoms with Crippen LogP contribution in [0.15, 0.2) is 48.8 Å². The number of anilines is 2. The molecule has 1 amide bonds. The molecule has 2 aromatic rings. The number of benzene rings is 1. The molecular weight excluding hydrogens is 332 g/mol. The number of piperazine rings is 1. The number of hydrogen-bond donors (Lipinski definition) is 3. The molecule has 26 heavy (non-hydrogen) atoms. The van der Waals surface area contributed by atoms with Crippen molar-refractivity contribution < 1.29 is 9.53 Å². The van der Waals surface area contributed by atoms with Gasteiger partial charge in [-0.25, -0.2) is 4.79 Å². The Hall–Kier alpha value is -3.29. The largest absolute Gasteiger partial charge is 0.444 e. The topological polar surface area (TPSA) is 108 Å². The summed E-state index contributed by atoms with van der Waals surface area (Å²) >= 11 is 0. The minimum Gasteiger partial charge on any atom is -0.444 e. The summed E-state index contributed by atoms with van der Waals surface area (Å²) in [6.45, 7) is 3.79. The first-order valence-electron chi connectivity index (χ1n) is 8.38. The van der Waals surface area contributed by atoms with E-state index < -0.39 is 12.1 Å². The molecule has 3 rings (SSSR count). The Morgan fingerprint density at radius 1 is 1.15 bits per heavy atom. The van der Waals surface area contributed by atoms with Gasteiger partial charge < -0.3 is 20.3 Å². The number of carbonyl (C=O) groups excluding carboxylic acids is 1. The van der Waals surface area contributed by atoms with E-state index in [9.17, 15) is 4.79 Å². The standard InChI is InChI=1S/C18H22N6O2/c19-17(20)22-18(25)26-13-14-3-1-4-15(11-14)23-7-9-24(10-8-23)16-5-2-6-21-12-16/h1-6,11-12H,7-10,13H2,(H4,19,20,22,25). The van der Waals surface area contributed by atoms with Crippen molar-refractivity contribution in [2.24, 2.45) is 5.73 Å². The van der Waals surface area contributed by atoms with Crippen LogP contribution in [0.3, 0.4) is 0 Å². The molecule has 136 valence electrons. The molecule has 0 unspecified atom stereocenters. The summed E-state index contributed by atoms with van der Waals surface area (Å²) in [6, 6.07) is 11.9. The van der Waals surface area contributed by atoms with Gasteiger partial charge >= 0.3 is 6.09 Å². The fourth-order valence-electron chi connectivity index (χ4n) is 2.90. The van der Waals surface area contributed by atoms with E-state index in [0.29, 0.717) is 0 Å². The molecule has 1 aliphatic heterocycles. The molecule has 1 aromatic heterocycles. The lowest BCUT2D eigenvalue weighted by Gasteiger charge is -2.37. The van der Waals surface area contributed by atoms with Crippen LogP contribution in [-0.4, -0.2) is 43.2 Å². The smallest absolute Gasteiger partial charge is 0.414 e. The Balaban J connectivity index is 1.55. The van der Waals surface area contributed by atoms with Crippen LogP contribution in [0.1, 0.15) is 5.56 Å². The molecule has 2 heterocycles. The molecule has 1 aliphatic rings. The predicted octanol–water partition coefficient (Wildman–Crippen LogP) is 1.53. The zero-order valence-electron chi connectivity index (χ0n) is 14.4. The summed E-state index contributed by atoms with van der Waals surface area (Å²) in [7, 11) is 0. The van der Waals surface area contributed by atoms with Crippen molar-refractivity contribution in [3.8, 4) is 0 Å². The lowest BCUT2D eigenvalue weighted by Crippen LogP contribution is -2.46. The Morgan fingerprint density at radius 2 is 1.85 bits per heavy atom. The van der Waals surface area contributed by atoms with Gasteiger partial charge in [-0.3, -0.25) is 15.7 Å². The van der Waals surface area contributed by atoms with E-state index in [1.54, 1.807) is 6.20 Å². The fourth-order valence-corrected chi connectivity index (χ4v) is 2.90. The minimum absolute atomic E-state index is 0.128. The van der Waals surface area contributed by atoms with Crippen LogP contribution in [0.5, 0.6) is 0 Å². The van der Waals surface area contributed by atoms with Gasteiger partial charge in [0.1, 0.15) is 6.61 Å². The first-order chi connectivity index (χ1) is 12.6. The van der Waals surface area contributed by atoms with Crippen LogP contribution in [0.25, 0.3) is 0 Å². The molecule has 8 nitrogen and oxygen atoms in total. The maximum atomic E-state index is 11.4. The highest BCUT2D eigenvalue weighted by atomic mass is 16.5. The van der Waals surface area contributed by atoms with Crippen molar-refractivity contribution in [1.82, 2.24) is 10.3 Å². The van der Waals surface area contributed by atoms with Crippen LogP contribution in [0, 0.1) is 5.41 Å². The Bertz CT molecular complexity index is 759. The number of pyridine rings is 1. The number of ether oxygens (including phenoxy) is 1. The van der Waals surface area contributed by atoms with Crippen molar-refractivity contribution in [3.05, 3.63) is 54.4 Å². The third-order valence-corrected chi connectivity index (χ3v) is 4.17. The van der Waals surface area contributed by atoms with Gasteiger partial charge in [-0.15, -0.1) is 0 Å². The van der Waals surface area contributed by atoms with Gasteiger partial charge in [0.15, 0.2) is 5.96 Å². The number of hydrogen-bond acceptors (Lipinski definition) is 6. The van der Waals surface area contributed by atoms with E-state index in [2.05, 4.69) is 32.2 Å². The fraction of sp³-hybridized carbons (Fsp3) is 0.278. The number of amides is 1. The molecule has 0 spiro atoms. The second-order valence-corrected chi connectivity index (χ2v) is 5.97. The Kier molecular flexibility index (Phi) is 5.52. The van der Waals surface area contributed by atoms with E-state index in [-0.39, 0.29) is 6.61 Å². The summed E-state index contributed by atoms with van der Waals surface area (Å²) in [5.41, 5.74) is 8.22. The molecule has 0 radical (unpaired) electrons. The highest BCUT2D eigenvalue weighted by Gasteiger charge is 2.18.